The summed E-state index contributed by atoms with van der Waals surface area (Å²) in [5.41, 5.74) is 1.03. The molecule has 0 fully saturated rings. The summed E-state index contributed by atoms with van der Waals surface area (Å²) in [4.78, 5) is 0. The fraction of sp³-hybridized carbons (Fsp3) is 0.143. The molecule has 0 bridgehead atoms. The van der Waals surface area contributed by atoms with E-state index >= 15 is 0 Å². The first-order valence-electron chi connectivity index (χ1n) is 9.01. The van der Waals surface area contributed by atoms with Gasteiger partial charge in [-0.1, -0.05) is 0 Å². The van der Waals surface area contributed by atoms with Gasteiger partial charge in [0.1, 0.15) is 17.2 Å². The van der Waals surface area contributed by atoms with E-state index in [0.29, 0.717) is 34.3 Å². The van der Waals surface area contributed by atoms with Crippen LogP contribution in [0.1, 0.15) is 0 Å². The molecule has 6 rings (SSSR count). The van der Waals surface area contributed by atoms with E-state index in [0.717, 1.165) is 0 Å². The Bertz CT molecular complexity index is 1220. The van der Waals surface area contributed by atoms with Crippen LogP contribution < -0.4 is 28.4 Å². The first-order valence-corrected chi connectivity index (χ1v) is 9.01. The highest BCUT2D eigenvalue weighted by molar-refractivity contribution is 5.93. The number of benzene rings is 3. The van der Waals surface area contributed by atoms with Gasteiger partial charge in [-0.15, -0.1) is 0 Å². The fourth-order valence-electron chi connectivity index (χ4n) is 3.77. The van der Waals surface area contributed by atoms with Crippen LogP contribution in [-0.2, 0) is 0 Å². The lowest BCUT2D eigenvalue weighted by Crippen LogP contribution is -1.94. The summed E-state index contributed by atoms with van der Waals surface area (Å²) in [7, 11) is 0. The van der Waals surface area contributed by atoms with Gasteiger partial charge in [-0.3, -0.25) is 0 Å². The molecule has 0 spiro atoms. The molecule has 9 nitrogen and oxygen atoms in total. The maximum Gasteiger partial charge on any atom is 0.231 e. The Morgan fingerprint density at radius 1 is 0.500 bits per heavy atom. The molecule has 3 N–H and O–H groups in total. The molecule has 30 heavy (non-hydrogen) atoms. The summed E-state index contributed by atoms with van der Waals surface area (Å²) < 4.78 is 32.5. The van der Waals surface area contributed by atoms with Gasteiger partial charge in [-0.25, -0.2) is 0 Å². The van der Waals surface area contributed by atoms with Gasteiger partial charge >= 0.3 is 0 Å². The van der Waals surface area contributed by atoms with Crippen LogP contribution in [0.2, 0.25) is 0 Å². The molecule has 9 heteroatoms. The van der Waals surface area contributed by atoms with Gasteiger partial charge in [-0.2, -0.15) is 0 Å². The Balaban J connectivity index is 1.61. The Hall–Kier alpha value is -4.14. The number of ether oxygens (including phenoxy) is 6. The van der Waals surface area contributed by atoms with Crippen LogP contribution >= 0.6 is 0 Å². The number of aromatic hydroxyl groups is 3. The molecule has 0 saturated carbocycles. The van der Waals surface area contributed by atoms with Crippen LogP contribution in [0.25, 0.3) is 22.3 Å². The average molecular weight is 410 g/mol. The zero-order valence-electron chi connectivity index (χ0n) is 15.3. The van der Waals surface area contributed by atoms with Crippen molar-refractivity contribution in [1.82, 2.24) is 0 Å². The Kier molecular flexibility index (Phi) is 3.32. The zero-order valence-corrected chi connectivity index (χ0v) is 15.3. The highest BCUT2D eigenvalue weighted by Crippen LogP contribution is 2.56. The number of rotatable bonds is 2. The summed E-state index contributed by atoms with van der Waals surface area (Å²) in [5.74, 6) is 1.81. The summed E-state index contributed by atoms with van der Waals surface area (Å²) in [6.07, 6.45) is 0. The molecule has 0 aromatic heterocycles. The van der Waals surface area contributed by atoms with E-state index in [1.165, 1.54) is 12.1 Å². The minimum absolute atomic E-state index is 0.0348. The molecule has 3 aliphatic heterocycles. The molecule has 0 unspecified atom stereocenters. The van der Waals surface area contributed by atoms with Crippen molar-refractivity contribution in [3.63, 3.8) is 0 Å². The summed E-state index contributed by atoms with van der Waals surface area (Å²) >= 11 is 0. The van der Waals surface area contributed by atoms with Crippen molar-refractivity contribution in [1.29, 1.82) is 0 Å². The Morgan fingerprint density at radius 2 is 0.967 bits per heavy atom. The van der Waals surface area contributed by atoms with Crippen molar-refractivity contribution in [2.45, 2.75) is 0 Å². The summed E-state index contributed by atoms with van der Waals surface area (Å²) in [6, 6.07) is 7.50. The number of hydrogen-bond acceptors (Lipinski definition) is 9. The molecule has 3 aliphatic rings. The lowest BCUT2D eigenvalue weighted by atomic mass is 9.94. The molecule has 0 saturated heterocycles. The largest absolute Gasteiger partial charge is 0.507 e. The van der Waals surface area contributed by atoms with E-state index in [4.69, 9.17) is 28.4 Å². The molecule has 3 aromatic carbocycles. The van der Waals surface area contributed by atoms with Gasteiger partial charge < -0.3 is 43.7 Å². The molecule has 0 atom stereocenters. The number of hydrogen-bond donors (Lipinski definition) is 3. The monoisotopic (exact) mass is 410 g/mol. The van der Waals surface area contributed by atoms with Gasteiger partial charge in [0.25, 0.3) is 0 Å². The SMILES string of the molecule is Oc1cc2c(cc1-c1cc3c(c(-c4cc5c(cc4O)OCO5)c1O)OCO3)OCO2. The second-order valence-corrected chi connectivity index (χ2v) is 6.83. The lowest BCUT2D eigenvalue weighted by Gasteiger charge is -2.16. The molecular weight excluding hydrogens is 396 g/mol. The maximum absolute atomic E-state index is 11.2. The van der Waals surface area contributed by atoms with Crippen molar-refractivity contribution >= 4 is 0 Å². The second kappa shape index (κ2) is 5.93. The minimum Gasteiger partial charge on any atom is -0.507 e. The third-order valence-electron chi connectivity index (χ3n) is 5.18. The summed E-state index contributed by atoms with van der Waals surface area (Å²) in [6.45, 7) is 0.0262. The maximum atomic E-state index is 11.2. The second-order valence-electron chi connectivity index (χ2n) is 6.83. The highest BCUT2D eigenvalue weighted by atomic mass is 16.7. The molecular formula is C21H14O9. The number of phenols is 3. The number of fused-ring (bicyclic) bond motifs is 3. The molecule has 3 heterocycles. The van der Waals surface area contributed by atoms with E-state index in [9.17, 15) is 15.3 Å². The topological polar surface area (TPSA) is 116 Å². The van der Waals surface area contributed by atoms with E-state index in [-0.39, 0.29) is 60.1 Å². The van der Waals surface area contributed by atoms with Crippen molar-refractivity contribution in [3.8, 4) is 74.0 Å². The Labute approximate surface area is 169 Å². The number of phenolic OH excluding ortho intramolecular Hbond substituents is 3. The Morgan fingerprint density at radius 3 is 1.63 bits per heavy atom. The van der Waals surface area contributed by atoms with Crippen molar-refractivity contribution < 1.29 is 43.7 Å². The molecule has 0 amide bonds. The van der Waals surface area contributed by atoms with Gasteiger partial charge in [0, 0.05) is 28.8 Å². The highest BCUT2D eigenvalue weighted by Gasteiger charge is 2.31. The first-order chi connectivity index (χ1) is 14.6. The van der Waals surface area contributed by atoms with Crippen LogP contribution in [0.5, 0.6) is 51.7 Å². The first kappa shape index (κ1) is 16.8. The fourth-order valence-corrected chi connectivity index (χ4v) is 3.77. The quantitative estimate of drug-likeness (QED) is 0.585. The zero-order chi connectivity index (χ0) is 20.4. The van der Waals surface area contributed by atoms with Crippen molar-refractivity contribution in [2.75, 3.05) is 20.4 Å². The minimum atomic E-state index is -0.220. The van der Waals surface area contributed by atoms with E-state index in [2.05, 4.69) is 0 Å². The standard InChI is InChI=1S/C21H14O9/c22-12-4-16-14(25-6-27-16)1-9(12)10-2-18-21(30-8-29-18)19(20(10)24)11-3-15-17(5-13(11)23)28-7-26-15/h1-5,22-24H,6-8H2. The van der Waals surface area contributed by atoms with Crippen molar-refractivity contribution in [3.05, 3.63) is 30.3 Å². The summed E-state index contributed by atoms with van der Waals surface area (Å²) in [5, 5.41) is 32.3. The third-order valence-corrected chi connectivity index (χ3v) is 5.18. The van der Waals surface area contributed by atoms with Gasteiger partial charge in [0.05, 0.1) is 5.56 Å². The van der Waals surface area contributed by atoms with E-state index in [1.807, 2.05) is 0 Å². The predicted molar refractivity (Wildman–Crippen MR) is 101 cm³/mol. The molecule has 0 aliphatic carbocycles. The van der Waals surface area contributed by atoms with Crippen LogP contribution in [-0.4, -0.2) is 35.7 Å². The lowest BCUT2D eigenvalue weighted by molar-refractivity contribution is 0.173. The van der Waals surface area contributed by atoms with Crippen LogP contribution in [0.3, 0.4) is 0 Å². The van der Waals surface area contributed by atoms with Crippen molar-refractivity contribution in [2.24, 2.45) is 0 Å². The predicted octanol–water partition coefficient (Wildman–Crippen LogP) is 3.32. The smallest absolute Gasteiger partial charge is 0.231 e. The van der Waals surface area contributed by atoms with Gasteiger partial charge in [0.2, 0.25) is 20.4 Å². The van der Waals surface area contributed by atoms with Crippen LogP contribution in [0, 0.1) is 0 Å². The van der Waals surface area contributed by atoms with E-state index in [1.54, 1.807) is 18.2 Å². The normalized spacial score (nSPS) is 14.9. The molecule has 0 radical (unpaired) electrons. The van der Waals surface area contributed by atoms with Crippen LogP contribution in [0.4, 0.5) is 0 Å². The van der Waals surface area contributed by atoms with Gasteiger partial charge in [-0.05, 0) is 18.2 Å². The van der Waals surface area contributed by atoms with Crippen LogP contribution in [0.15, 0.2) is 30.3 Å². The third kappa shape index (κ3) is 2.29. The van der Waals surface area contributed by atoms with Gasteiger partial charge in [0.15, 0.2) is 34.5 Å². The molecule has 152 valence electrons. The van der Waals surface area contributed by atoms with E-state index < -0.39 is 0 Å². The average Bonchev–Trinajstić information content (AvgIpc) is 3.46. The molecule has 3 aromatic rings.